The van der Waals surface area contributed by atoms with Gasteiger partial charge in [-0.15, -0.1) is 0 Å². The zero-order valence-corrected chi connectivity index (χ0v) is 11.9. The van der Waals surface area contributed by atoms with Gasteiger partial charge in [-0.2, -0.15) is 0 Å². The average molecular weight is 266 g/mol. The predicted octanol–water partition coefficient (Wildman–Crippen LogP) is 5.78. The van der Waals surface area contributed by atoms with Crippen molar-refractivity contribution in [3.63, 3.8) is 0 Å². The van der Waals surface area contributed by atoms with Gasteiger partial charge in [0.25, 0.3) is 0 Å². The highest BCUT2D eigenvalue weighted by atomic mass is 19.1. The SMILES string of the molecule is CC/C=C/C=C/c1cccc(-c2ccc(F)cc2)c1C. The molecule has 0 saturated carbocycles. The third kappa shape index (κ3) is 3.45. The van der Waals surface area contributed by atoms with Crippen LogP contribution in [0.15, 0.2) is 60.7 Å². The first-order chi connectivity index (χ1) is 9.72. The molecule has 0 unspecified atom stereocenters. The summed E-state index contributed by atoms with van der Waals surface area (Å²) in [5, 5.41) is 0. The standard InChI is InChI=1S/C19H19F/c1-3-4-5-6-8-16-9-7-10-19(15(16)2)17-11-13-18(20)14-12-17/h4-14H,3H2,1-2H3/b5-4+,8-6+. The number of allylic oxidation sites excluding steroid dienone is 3. The summed E-state index contributed by atoms with van der Waals surface area (Å²) < 4.78 is 13.0. The van der Waals surface area contributed by atoms with Crippen LogP contribution in [0.4, 0.5) is 4.39 Å². The normalized spacial score (nSPS) is 11.6. The van der Waals surface area contributed by atoms with Crippen molar-refractivity contribution in [3.05, 3.63) is 77.6 Å². The predicted molar refractivity (Wildman–Crippen MR) is 85.0 cm³/mol. The van der Waals surface area contributed by atoms with Gasteiger partial charge in [-0.3, -0.25) is 0 Å². The van der Waals surface area contributed by atoms with E-state index in [2.05, 4.69) is 50.3 Å². The number of benzene rings is 2. The summed E-state index contributed by atoms with van der Waals surface area (Å²) in [6.07, 6.45) is 9.38. The summed E-state index contributed by atoms with van der Waals surface area (Å²) in [5.74, 6) is -0.202. The minimum atomic E-state index is -0.202. The van der Waals surface area contributed by atoms with E-state index in [-0.39, 0.29) is 5.82 Å². The first kappa shape index (κ1) is 14.3. The molecular weight excluding hydrogens is 247 g/mol. The first-order valence-corrected chi connectivity index (χ1v) is 6.91. The molecule has 0 amide bonds. The van der Waals surface area contributed by atoms with Gasteiger partial charge < -0.3 is 0 Å². The van der Waals surface area contributed by atoms with Gasteiger partial charge in [-0.25, -0.2) is 4.39 Å². The van der Waals surface area contributed by atoms with E-state index >= 15 is 0 Å². The third-order valence-electron chi connectivity index (χ3n) is 3.29. The third-order valence-corrected chi connectivity index (χ3v) is 3.29. The van der Waals surface area contributed by atoms with Gasteiger partial charge in [0.2, 0.25) is 0 Å². The summed E-state index contributed by atoms with van der Waals surface area (Å²) >= 11 is 0. The van der Waals surface area contributed by atoms with Crippen molar-refractivity contribution >= 4 is 6.08 Å². The monoisotopic (exact) mass is 266 g/mol. The van der Waals surface area contributed by atoms with Crippen LogP contribution >= 0.6 is 0 Å². The molecule has 0 saturated heterocycles. The summed E-state index contributed by atoms with van der Waals surface area (Å²) in [4.78, 5) is 0. The van der Waals surface area contributed by atoms with Gasteiger partial charge in [0, 0.05) is 0 Å². The van der Waals surface area contributed by atoms with Crippen molar-refractivity contribution in [2.24, 2.45) is 0 Å². The summed E-state index contributed by atoms with van der Waals surface area (Å²) in [6.45, 7) is 4.21. The Morgan fingerprint density at radius 2 is 1.75 bits per heavy atom. The molecule has 0 spiro atoms. The van der Waals surface area contributed by atoms with Crippen molar-refractivity contribution < 1.29 is 4.39 Å². The lowest BCUT2D eigenvalue weighted by atomic mass is 9.96. The van der Waals surface area contributed by atoms with Crippen molar-refractivity contribution in [2.75, 3.05) is 0 Å². The van der Waals surface area contributed by atoms with Crippen LogP contribution < -0.4 is 0 Å². The van der Waals surface area contributed by atoms with Gasteiger partial charge >= 0.3 is 0 Å². The Labute approximate surface area is 120 Å². The lowest BCUT2D eigenvalue weighted by Crippen LogP contribution is -1.87. The molecule has 0 bridgehead atoms. The maximum Gasteiger partial charge on any atom is 0.123 e. The highest BCUT2D eigenvalue weighted by Crippen LogP contribution is 2.26. The fraction of sp³-hybridized carbons (Fsp3) is 0.158. The van der Waals surface area contributed by atoms with Gasteiger partial charge in [0.05, 0.1) is 0 Å². The second kappa shape index (κ2) is 6.85. The molecule has 0 radical (unpaired) electrons. The largest absolute Gasteiger partial charge is 0.207 e. The molecule has 0 nitrogen and oxygen atoms in total. The molecule has 0 aromatic heterocycles. The minimum Gasteiger partial charge on any atom is -0.207 e. The van der Waals surface area contributed by atoms with E-state index in [0.717, 1.165) is 17.5 Å². The van der Waals surface area contributed by atoms with Crippen LogP contribution in [0.25, 0.3) is 17.2 Å². The fourth-order valence-corrected chi connectivity index (χ4v) is 2.15. The Balaban J connectivity index is 2.34. The molecule has 0 aliphatic carbocycles. The highest BCUT2D eigenvalue weighted by Gasteiger charge is 2.04. The Kier molecular flexibility index (Phi) is 4.89. The van der Waals surface area contributed by atoms with E-state index in [0.29, 0.717) is 0 Å². The smallest absolute Gasteiger partial charge is 0.123 e. The zero-order valence-electron chi connectivity index (χ0n) is 11.9. The Hall–Kier alpha value is -2.15. The summed E-state index contributed by atoms with van der Waals surface area (Å²) in [6, 6.07) is 12.8. The fourth-order valence-electron chi connectivity index (χ4n) is 2.15. The minimum absolute atomic E-state index is 0.202. The maximum atomic E-state index is 13.0. The van der Waals surface area contributed by atoms with Crippen LogP contribution in [0.3, 0.4) is 0 Å². The van der Waals surface area contributed by atoms with Crippen LogP contribution in [0.5, 0.6) is 0 Å². The molecule has 0 heterocycles. The number of halogens is 1. The first-order valence-electron chi connectivity index (χ1n) is 6.91. The Morgan fingerprint density at radius 1 is 1.00 bits per heavy atom. The zero-order chi connectivity index (χ0) is 14.4. The molecule has 2 rings (SSSR count). The molecular formula is C19H19F. The van der Waals surface area contributed by atoms with Crippen LogP contribution in [-0.4, -0.2) is 0 Å². The van der Waals surface area contributed by atoms with Crippen molar-refractivity contribution in [2.45, 2.75) is 20.3 Å². The molecule has 2 aromatic carbocycles. The number of rotatable bonds is 4. The van der Waals surface area contributed by atoms with Crippen LogP contribution in [0.2, 0.25) is 0 Å². The molecule has 20 heavy (non-hydrogen) atoms. The lowest BCUT2D eigenvalue weighted by Gasteiger charge is -2.09. The quantitative estimate of drug-likeness (QED) is 0.615. The lowest BCUT2D eigenvalue weighted by molar-refractivity contribution is 0.628. The van der Waals surface area contributed by atoms with E-state index < -0.39 is 0 Å². The van der Waals surface area contributed by atoms with Crippen LogP contribution in [0.1, 0.15) is 24.5 Å². The molecule has 2 aromatic rings. The molecule has 0 fully saturated rings. The van der Waals surface area contributed by atoms with Gasteiger partial charge in [0.15, 0.2) is 0 Å². The Bertz CT molecular complexity index is 619. The van der Waals surface area contributed by atoms with Gasteiger partial charge in [-0.1, -0.05) is 61.6 Å². The van der Waals surface area contributed by atoms with Gasteiger partial charge in [-0.05, 0) is 47.7 Å². The van der Waals surface area contributed by atoms with Crippen molar-refractivity contribution in [1.29, 1.82) is 0 Å². The number of hydrogen-bond donors (Lipinski definition) is 0. The van der Waals surface area contributed by atoms with E-state index in [1.807, 2.05) is 18.2 Å². The van der Waals surface area contributed by atoms with E-state index in [1.54, 1.807) is 0 Å². The molecule has 0 aliphatic rings. The molecule has 0 atom stereocenters. The highest BCUT2D eigenvalue weighted by molar-refractivity contribution is 5.72. The van der Waals surface area contributed by atoms with E-state index in [9.17, 15) is 4.39 Å². The second-order valence-corrected chi connectivity index (χ2v) is 4.72. The maximum absolute atomic E-state index is 13.0. The van der Waals surface area contributed by atoms with Crippen LogP contribution in [-0.2, 0) is 0 Å². The molecule has 102 valence electrons. The summed E-state index contributed by atoms with van der Waals surface area (Å²) in [5.41, 5.74) is 4.59. The van der Waals surface area contributed by atoms with Crippen molar-refractivity contribution in [1.82, 2.24) is 0 Å². The average Bonchev–Trinajstić information content (AvgIpc) is 2.46. The second-order valence-electron chi connectivity index (χ2n) is 4.72. The molecule has 0 aliphatic heterocycles. The van der Waals surface area contributed by atoms with Crippen molar-refractivity contribution in [3.8, 4) is 11.1 Å². The van der Waals surface area contributed by atoms with Gasteiger partial charge in [0.1, 0.15) is 5.82 Å². The summed E-state index contributed by atoms with van der Waals surface area (Å²) in [7, 11) is 0. The molecule has 0 N–H and O–H groups in total. The Morgan fingerprint density at radius 3 is 2.45 bits per heavy atom. The van der Waals surface area contributed by atoms with E-state index in [4.69, 9.17) is 0 Å². The number of hydrogen-bond acceptors (Lipinski definition) is 0. The van der Waals surface area contributed by atoms with Crippen LogP contribution in [0, 0.1) is 12.7 Å². The van der Waals surface area contributed by atoms with E-state index in [1.165, 1.54) is 23.3 Å². The topological polar surface area (TPSA) is 0 Å². The molecule has 1 heteroatoms.